The number of halogens is 7. The molecule has 1 unspecified atom stereocenters. The number of hydrogen-bond acceptors (Lipinski definition) is 7. The predicted molar refractivity (Wildman–Crippen MR) is 108 cm³/mol. The first kappa shape index (κ1) is 29.7. The first-order valence-corrected chi connectivity index (χ1v) is 11.1. The van der Waals surface area contributed by atoms with Gasteiger partial charge >= 0.3 is 35.9 Å². The first-order valence-electron chi connectivity index (χ1n) is 10.00. The molecule has 0 saturated heterocycles. The molecule has 0 aliphatic heterocycles. The van der Waals surface area contributed by atoms with Gasteiger partial charge in [-0.25, -0.2) is 9.59 Å². The van der Waals surface area contributed by atoms with Crippen LogP contribution < -0.4 is 0 Å². The van der Waals surface area contributed by atoms with Crippen LogP contribution in [0.25, 0.3) is 0 Å². The molecule has 0 aromatic carbocycles. The zero-order chi connectivity index (χ0) is 25.9. The summed E-state index contributed by atoms with van der Waals surface area (Å²) in [6.45, 7) is 3.64. The van der Waals surface area contributed by atoms with Gasteiger partial charge < -0.3 is 19.3 Å². The average molecular weight is 606 g/mol. The highest BCUT2D eigenvalue weighted by atomic mass is 127. The van der Waals surface area contributed by atoms with E-state index in [0.717, 1.165) is 0 Å². The summed E-state index contributed by atoms with van der Waals surface area (Å²) in [5.74, 6) is -4.86. The highest BCUT2D eigenvalue weighted by Gasteiger charge is 2.76. The van der Waals surface area contributed by atoms with Crippen molar-refractivity contribution in [2.24, 2.45) is 0 Å². The molecular weight excluding hydrogens is 581 g/mol. The van der Waals surface area contributed by atoms with Crippen LogP contribution in [0.3, 0.4) is 0 Å². The van der Waals surface area contributed by atoms with Crippen molar-refractivity contribution in [2.45, 2.75) is 92.4 Å². The lowest BCUT2D eigenvalue weighted by Gasteiger charge is -2.39. The van der Waals surface area contributed by atoms with E-state index in [-0.39, 0.29) is 19.3 Å². The average Bonchev–Trinajstić information content (AvgIpc) is 2.71. The standard InChI is InChI=1S/C19H25F6IO7/c1-4-15(3,26)13(28)32-11-6-8-16(5-2,9-7-11)33-12(27)10-31-14(29)17(30,18(20,21)22)19(23,24)25/h11,30H,4-10H2,1-3H3. The molecule has 192 valence electrons. The Bertz CT molecular complexity index is 713. The van der Waals surface area contributed by atoms with Crippen molar-refractivity contribution >= 4 is 40.5 Å². The molecular formula is C19H25F6IO7. The Balaban J connectivity index is 2.72. The fourth-order valence-electron chi connectivity index (χ4n) is 3.07. The minimum atomic E-state index is -6.42. The van der Waals surface area contributed by atoms with Crippen LogP contribution in [0, 0.1) is 0 Å². The van der Waals surface area contributed by atoms with Gasteiger partial charge in [-0.15, -0.1) is 0 Å². The number of aliphatic hydroxyl groups is 1. The predicted octanol–water partition coefficient (Wildman–Crippen LogP) is 4.17. The number of ether oxygens (including phenoxy) is 3. The largest absolute Gasteiger partial charge is 0.461 e. The van der Waals surface area contributed by atoms with Gasteiger partial charge in [-0.2, -0.15) is 26.3 Å². The lowest BCUT2D eigenvalue weighted by atomic mass is 9.81. The summed E-state index contributed by atoms with van der Waals surface area (Å²) < 4.78 is 89.8. The van der Waals surface area contributed by atoms with E-state index in [4.69, 9.17) is 14.6 Å². The molecule has 14 heteroatoms. The Labute approximate surface area is 199 Å². The summed E-state index contributed by atoms with van der Waals surface area (Å²) in [5.41, 5.74) is -6.90. The van der Waals surface area contributed by atoms with Gasteiger partial charge in [0.1, 0.15) is 15.1 Å². The molecule has 0 bridgehead atoms. The molecule has 1 atom stereocenters. The van der Waals surface area contributed by atoms with Gasteiger partial charge in [-0.05, 0) is 45.4 Å². The molecule has 1 aliphatic rings. The minimum absolute atomic E-state index is 0.209. The van der Waals surface area contributed by atoms with Crippen molar-refractivity contribution in [1.82, 2.24) is 0 Å². The molecule has 0 heterocycles. The van der Waals surface area contributed by atoms with Gasteiger partial charge in [0, 0.05) is 0 Å². The van der Waals surface area contributed by atoms with Crippen LogP contribution in [0.2, 0.25) is 0 Å². The maximum Gasteiger partial charge on any atom is 0.437 e. The van der Waals surface area contributed by atoms with Crippen molar-refractivity contribution < 1.29 is 60.0 Å². The number of hydrogen-bond donors (Lipinski definition) is 1. The van der Waals surface area contributed by atoms with E-state index >= 15 is 0 Å². The maximum atomic E-state index is 12.7. The van der Waals surface area contributed by atoms with Crippen molar-refractivity contribution in [1.29, 1.82) is 0 Å². The quantitative estimate of drug-likeness (QED) is 0.146. The molecule has 0 aromatic rings. The molecule has 1 saturated carbocycles. The molecule has 1 rings (SSSR count). The Kier molecular flexibility index (Phi) is 9.47. The Morgan fingerprint density at radius 2 is 1.48 bits per heavy atom. The van der Waals surface area contributed by atoms with E-state index in [1.807, 2.05) is 29.5 Å². The summed E-state index contributed by atoms with van der Waals surface area (Å²) in [6, 6.07) is 0. The third-order valence-electron chi connectivity index (χ3n) is 5.62. The lowest BCUT2D eigenvalue weighted by molar-refractivity contribution is -0.356. The van der Waals surface area contributed by atoms with Crippen molar-refractivity contribution in [2.75, 3.05) is 6.61 Å². The number of carbonyl (C=O) groups is 3. The zero-order valence-electron chi connectivity index (χ0n) is 18.1. The Morgan fingerprint density at radius 1 is 1.00 bits per heavy atom. The molecule has 0 radical (unpaired) electrons. The van der Waals surface area contributed by atoms with Crippen LogP contribution in [0.1, 0.15) is 59.3 Å². The molecule has 1 fully saturated rings. The number of carbonyl (C=O) groups excluding carboxylic acids is 3. The summed E-state index contributed by atoms with van der Waals surface area (Å²) in [4.78, 5) is 35.6. The molecule has 33 heavy (non-hydrogen) atoms. The van der Waals surface area contributed by atoms with Crippen LogP contribution in [-0.2, 0) is 28.6 Å². The topological polar surface area (TPSA) is 99.1 Å². The summed E-state index contributed by atoms with van der Waals surface area (Å²) in [7, 11) is 0. The molecule has 0 amide bonds. The molecule has 0 aromatic heterocycles. The zero-order valence-corrected chi connectivity index (χ0v) is 20.2. The van der Waals surface area contributed by atoms with E-state index in [2.05, 4.69) is 4.74 Å². The third kappa shape index (κ3) is 6.85. The highest BCUT2D eigenvalue weighted by molar-refractivity contribution is 14.1. The Hall–Kier alpha value is -1.32. The second kappa shape index (κ2) is 10.5. The second-order valence-electron chi connectivity index (χ2n) is 7.95. The first-order chi connectivity index (χ1) is 14.8. The fraction of sp³-hybridized carbons (Fsp3) is 0.842. The van der Waals surface area contributed by atoms with Gasteiger partial charge in [-0.3, -0.25) is 4.79 Å². The molecule has 1 aliphatic carbocycles. The van der Waals surface area contributed by atoms with Gasteiger partial charge in [-0.1, -0.05) is 36.4 Å². The van der Waals surface area contributed by atoms with E-state index in [1.54, 1.807) is 13.8 Å². The van der Waals surface area contributed by atoms with Crippen molar-refractivity contribution in [3.63, 3.8) is 0 Å². The highest BCUT2D eigenvalue weighted by Crippen LogP contribution is 2.44. The number of esters is 3. The number of rotatable bonds is 8. The van der Waals surface area contributed by atoms with Crippen LogP contribution in [0.4, 0.5) is 26.3 Å². The lowest BCUT2D eigenvalue weighted by Crippen LogP contribution is -2.63. The van der Waals surface area contributed by atoms with Gasteiger partial charge in [0.15, 0.2) is 6.61 Å². The molecule has 7 nitrogen and oxygen atoms in total. The van der Waals surface area contributed by atoms with Gasteiger partial charge in [0.25, 0.3) is 0 Å². The van der Waals surface area contributed by atoms with Crippen LogP contribution in [0.5, 0.6) is 0 Å². The van der Waals surface area contributed by atoms with Crippen LogP contribution >= 0.6 is 22.6 Å². The van der Waals surface area contributed by atoms with E-state index in [9.17, 15) is 40.7 Å². The number of alkyl halides is 7. The maximum absolute atomic E-state index is 12.7. The normalized spacial score (nSPS) is 23.9. The van der Waals surface area contributed by atoms with Crippen molar-refractivity contribution in [3.05, 3.63) is 0 Å². The molecule has 0 spiro atoms. The van der Waals surface area contributed by atoms with E-state index in [1.165, 1.54) is 0 Å². The van der Waals surface area contributed by atoms with Gasteiger partial charge in [0.2, 0.25) is 0 Å². The monoisotopic (exact) mass is 606 g/mol. The minimum Gasteiger partial charge on any atom is -0.461 e. The van der Waals surface area contributed by atoms with Crippen molar-refractivity contribution in [3.8, 4) is 0 Å². The summed E-state index contributed by atoms with van der Waals surface area (Å²) in [6.07, 6.45) is -11.4. The van der Waals surface area contributed by atoms with Crippen LogP contribution in [-0.4, -0.2) is 62.7 Å². The summed E-state index contributed by atoms with van der Waals surface area (Å²) in [5, 5.41) is 8.94. The SMILES string of the molecule is CCC1(OC(=O)COC(=O)C(O)(C(F)(F)F)C(F)(F)F)CCC(OC(=O)C(C)(I)CC)CC1. The summed E-state index contributed by atoms with van der Waals surface area (Å²) >= 11 is 1.98. The van der Waals surface area contributed by atoms with E-state index in [0.29, 0.717) is 19.3 Å². The van der Waals surface area contributed by atoms with Crippen LogP contribution in [0.15, 0.2) is 0 Å². The Morgan fingerprint density at radius 3 is 1.88 bits per heavy atom. The molecule has 1 N–H and O–H groups in total. The third-order valence-corrected chi connectivity index (χ3v) is 6.82. The van der Waals surface area contributed by atoms with Gasteiger partial charge in [0.05, 0.1) is 0 Å². The fourth-order valence-corrected chi connectivity index (χ4v) is 3.20. The smallest absolute Gasteiger partial charge is 0.437 e. The van der Waals surface area contributed by atoms with E-state index < -0.39 is 57.6 Å². The second-order valence-corrected chi connectivity index (χ2v) is 10.3.